The third kappa shape index (κ3) is 2.99. The highest BCUT2D eigenvalue weighted by Crippen LogP contribution is 2.22. The summed E-state index contributed by atoms with van der Waals surface area (Å²) in [6.45, 7) is 10.6. The first kappa shape index (κ1) is 12.4. The van der Waals surface area contributed by atoms with E-state index in [2.05, 4.69) is 41.8 Å². The Balaban J connectivity index is 2.02. The van der Waals surface area contributed by atoms with Crippen LogP contribution in [0.15, 0.2) is 18.2 Å². The molecule has 0 aliphatic carbocycles. The van der Waals surface area contributed by atoms with Gasteiger partial charge in [-0.05, 0) is 31.0 Å². The maximum Gasteiger partial charge on any atom is 0.0399 e. The molecule has 94 valence electrons. The van der Waals surface area contributed by atoms with E-state index in [4.69, 9.17) is 5.73 Å². The SMILES string of the molecule is Cc1ccc(C)c(N2CCN(CCN)CC2)c1. The Morgan fingerprint density at radius 3 is 2.47 bits per heavy atom. The van der Waals surface area contributed by atoms with Crippen molar-refractivity contribution in [2.24, 2.45) is 5.73 Å². The van der Waals surface area contributed by atoms with Gasteiger partial charge in [-0.2, -0.15) is 0 Å². The van der Waals surface area contributed by atoms with Gasteiger partial charge in [-0.3, -0.25) is 4.90 Å². The van der Waals surface area contributed by atoms with E-state index < -0.39 is 0 Å². The minimum absolute atomic E-state index is 0.767. The summed E-state index contributed by atoms with van der Waals surface area (Å²) >= 11 is 0. The van der Waals surface area contributed by atoms with Crippen LogP contribution >= 0.6 is 0 Å². The van der Waals surface area contributed by atoms with Crippen molar-refractivity contribution in [3.05, 3.63) is 29.3 Å². The molecule has 1 heterocycles. The number of aryl methyl sites for hydroxylation is 2. The summed E-state index contributed by atoms with van der Waals surface area (Å²) in [5.74, 6) is 0. The molecule has 0 amide bonds. The summed E-state index contributed by atoms with van der Waals surface area (Å²) in [6.07, 6.45) is 0. The first-order valence-corrected chi connectivity index (χ1v) is 6.45. The minimum Gasteiger partial charge on any atom is -0.369 e. The predicted octanol–water partition coefficient (Wildman–Crippen LogP) is 1.38. The molecule has 1 saturated heterocycles. The zero-order valence-corrected chi connectivity index (χ0v) is 10.9. The zero-order chi connectivity index (χ0) is 12.3. The number of hydrogen-bond acceptors (Lipinski definition) is 3. The van der Waals surface area contributed by atoms with Gasteiger partial charge < -0.3 is 10.6 Å². The summed E-state index contributed by atoms with van der Waals surface area (Å²) in [4.78, 5) is 4.94. The number of rotatable bonds is 3. The van der Waals surface area contributed by atoms with E-state index in [1.807, 2.05) is 0 Å². The molecule has 0 bridgehead atoms. The molecule has 1 fully saturated rings. The topological polar surface area (TPSA) is 32.5 Å². The third-order valence-electron chi connectivity index (χ3n) is 3.52. The van der Waals surface area contributed by atoms with Crippen LogP contribution in [-0.2, 0) is 0 Å². The molecule has 3 nitrogen and oxygen atoms in total. The second kappa shape index (κ2) is 5.52. The molecule has 0 atom stereocenters. The van der Waals surface area contributed by atoms with Crippen molar-refractivity contribution >= 4 is 5.69 Å². The maximum absolute atomic E-state index is 5.59. The second-order valence-corrected chi connectivity index (χ2v) is 4.91. The van der Waals surface area contributed by atoms with Crippen LogP contribution in [0.1, 0.15) is 11.1 Å². The van der Waals surface area contributed by atoms with E-state index in [9.17, 15) is 0 Å². The van der Waals surface area contributed by atoms with Crippen molar-refractivity contribution in [2.45, 2.75) is 13.8 Å². The summed E-state index contributed by atoms with van der Waals surface area (Å²) in [6, 6.07) is 6.70. The van der Waals surface area contributed by atoms with Gasteiger partial charge in [-0.25, -0.2) is 0 Å². The lowest BCUT2D eigenvalue weighted by molar-refractivity contribution is 0.265. The maximum atomic E-state index is 5.59. The molecular weight excluding hydrogens is 210 g/mol. The minimum atomic E-state index is 0.767. The van der Waals surface area contributed by atoms with Crippen LogP contribution < -0.4 is 10.6 Å². The van der Waals surface area contributed by atoms with Gasteiger partial charge in [0.1, 0.15) is 0 Å². The van der Waals surface area contributed by atoms with Gasteiger partial charge in [-0.15, -0.1) is 0 Å². The Morgan fingerprint density at radius 1 is 1.12 bits per heavy atom. The quantitative estimate of drug-likeness (QED) is 0.856. The molecule has 0 radical (unpaired) electrons. The highest BCUT2D eigenvalue weighted by atomic mass is 15.3. The van der Waals surface area contributed by atoms with Gasteiger partial charge in [0, 0.05) is 45.0 Å². The Morgan fingerprint density at radius 2 is 1.82 bits per heavy atom. The fraction of sp³-hybridized carbons (Fsp3) is 0.571. The first-order chi connectivity index (χ1) is 8.20. The van der Waals surface area contributed by atoms with Gasteiger partial charge in [0.2, 0.25) is 0 Å². The van der Waals surface area contributed by atoms with Crippen LogP contribution in [0.25, 0.3) is 0 Å². The molecule has 1 aliphatic heterocycles. The van der Waals surface area contributed by atoms with Crippen molar-refractivity contribution < 1.29 is 0 Å². The van der Waals surface area contributed by atoms with E-state index in [0.717, 1.165) is 39.3 Å². The van der Waals surface area contributed by atoms with Crippen LogP contribution in [0.4, 0.5) is 5.69 Å². The van der Waals surface area contributed by atoms with Crippen LogP contribution in [0.2, 0.25) is 0 Å². The average Bonchev–Trinajstić information content (AvgIpc) is 2.34. The molecule has 0 aromatic heterocycles. The standard InChI is InChI=1S/C14H23N3/c1-12-3-4-13(2)14(11-12)17-9-7-16(6-5-15)8-10-17/h3-4,11H,5-10,15H2,1-2H3. The van der Waals surface area contributed by atoms with Gasteiger partial charge in [0.05, 0.1) is 0 Å². The van der Waals surface area contributed by atoms with Crippen LogP contribution in [0.3, 0.4) is 0 Å². The molecule has 0 saturated carbocycles. The predicted molar refractivity (Wildman–Crippen MR) is 73.6 cm³/mol. The summed E-state index contributed by atoms with van der Waals surface area (Å²) in [5, 5.41) is 0. The van der Waals surface area contributed by atoms with E-state index in [1.54, 1.807) is 0 Å². The Labute approximate surface area is 104 Å². The molecule has 2 rings (SSSR count). The first-order valence-electron chi connectivity index (χ1n) is 6.45. The summed E-state index contributed by atoms with van der Waals surface area (Å²) in [5.41, 5.74) is 9.71. The molecule has 1 aromatic carbocycles. The largest absolute Gasteiger partial charge is 0.369 e. The van der Waals surface area contributed by atoms with Crippen LogP contribution in [0.5, 0.6) is 0 Å². The van der Waals surface area contributed by atoms with Crippen molar-refractivity contribution in [3.63, 3.8) is 0 Å². The van der Waals surface area contributed by atoms with E-state index in [0.29, 0.717) is 0 Å². The summed E-state index contributed by atoms with van der Waals surface area (Å²) < 4.78 is 0. The monoisotopic (exact) mass is 233 g/mol. The number of anilines is 1. The lowest BCUT2D eigenvalue weighted by atomic mass is 10.1. The normalized spacial score (nSPS) is 17.5. The Bertz CT molecular complexity index is 368. The van der Waals surface area contributed by atoms with Crippen molar-refractivity contribution in [3.8, 4) is 0 Å². The third-order valence-corrected chi connectivity index (χ3v) is 3.52. The number of nitrogens with zero attached hydrogens (tertiary/aromatic N) is 2. The molecule has 1 aliphatic rings. The molecule has 0 unspecified atom stereocenters. The molecule has 3 heteroatoms. The highest BCUT2D eigenvalue weighted by Gasteiger charge is 2.17. The number of hydrogen-bond donors (Lipinski definition) is 1. The average molecular weight is 233 g/mol. The summed E-state index contributed by atoms with van der Waals surface area (Å²) in [7, 11) is 0. The lowest BCUT2D eigenvalue weighted by Gasteiger charge is -2.36. The highest BCUT2D eigenvalue weighted by molar-refractivity contribution is 5.55. The zero-order valence-electron chi connectivity index (χ0n) is 10.9. The van der Waals surface area contributed by atoms with Crippen molar-refractivity contribution in [1.29, 1.82) is 0 Å². The van der Waals surface area contributed by atoms with Crippen molar-refractivity contribution in [2.75, 3.05) is 44.2 Å². The van der Waals surface area contributed by atoms with E-state index in [1.165, 1.54) is 16.8 Å². The fourth-order valence-corrected chi connectivity index (χ4v) is 2.46. The lowest BCUT2D eigenvalue weighted by Crippen LogP contribution is -2.48. The second-order valence-electron chi connectivity index (χ2n) is 4.91. The molecule has 0 spiro atoms. The Hall–Kier alpha value is -1.06. The Kier molecular flexibility index (Phi) is 4.02. The number of benzene rings is 1. The van der Waals surface area contributed by atoms with Gasteiger partial charge in [-0.1, -0.05) is 12.1 Å². The number of nitrogens with two attached hydrogens (primary N) is 1. The number of piperazine rings is 1. The molecule has 2 N–H and O–H groups in total. The van der Waals surface area contributed by atoms with Crippen molar-refractivity contribution in [1.82, 2.24) is 4.90 Å². The fourth-order valence-electron chi connectivity index (χ4n) is 2.46. The van der Waals surface area contributed by atoms with Gasteiger partial charge >= 0.3 is 0 Å². The van der Waals surface area contributed by atoms with Gasteiger partial charge in [0.15, 0.2) is 0 Å². The van der Waals surface area contributed by atoms with Gasteiger partial charge in [0.25, 0.3) is 0 Å². The van der Waals surface area contributed by atoms with E-state index in [-0.39, 0.29) is 0 Å². The van der Waals surface area contributed by atoms with Crippen LogP contribution in [0, 0.1) is 13.8 Å². The van der Waals surface area contributed by atoms with E-state index >= 15 is 0 Å². The molecule has 17 heavy (non-hydrogen) atoms. The smallest absolute Gasteiger partial charge is 0.0399 e. The molecule has 1 aromatic rings. The van der Waals surface area contributed by atoms with Crippen LogP contribution in [-0.4, -0.2) is 44.2 Å². The molecular formula is C14H23N3.